The summed E-state index contributed by atoms with van der Waals surface area (Å²) in [6, 6.07) is 13.4. The molecule has 3 aromatic rings. The van der Waals surface area contributed by atoms with Gasteiger partial charge in [0, 0.05) is 12.2 Å². The Morgan fingerprint density at radius 1 is 1.27 bits per heavy atom. The van der Waals surface area contributed by atoms with Crippen LogP contribution in [-0.4, -0.2) is 41.3 Å². The fourth-order valence-electron chi connectivity index (χ4n) is 3.52. The zero-order valence-electron chi connectivity index (χ0n) is 17.7. The molecule has 1 fully saturated rings. The number of pyridine rings is 1. The predicted molar refractivity (Wildman–Crippen MR) is 122 cm³/mol. The number of hydrogen-bond donors (Lipinski definition) is 1. The summed E-state index contributed by atoms with van der Waals surface area (Å²) in [5.74, 6) is -0.547. The van der Waals surface area contributed by atoms with Crippen molar-refractivity contribution in [3.63, 3.8) is 0 Å². The number of aryl methyl sites for hydroxylation is 1. The minimum absolute atomic E-state index is 0.0199. The number of carbonyl (C=O) groups is 1. The van der Waals surface area contributed by atoms with E-state index in [9.17, 15) is 23.3 Å². The van der Waals surface area contributed by atoms with E-state index >= 15 is 0 Å². The fraction of sp³-hybridized carbons (Fsp3) is 0.217. The van der Waals surface area contributed by atoms with Gasteiger partial charge in [-0.1, -0.05) is 24.3 Å². The largest absolute Gasteiger partial charge is 0.438 e. The SMILES string of the molecule is Cc1ccccc1Oc1nc2ccccn2c(=O)c1C=C(C#N)C(=O)NC1CCS(=O)(=O)C1. The highest BCUT2D eigenvalue weighted by Crippen LogP contribution is 2.26. The molecule has 2 aromatic heterocycles. The standard InChI is InChI=1S/C23H20N4O5S/c1-15-6-2-3-7-19(15)32-22-18(23(29)27-10-5-4-8-20(27)26-22)12-16(13-24)21(28)25-17-9-11-33(30,31)14-17/h2-8,10,12,17H,9,11,14H2,1H3,(H,25,28). The van der Waals surface area contributed by atoms with E-state index in [1.54, 1.807) is 36.4 Å². The molecule has 1 N–H and O–H groups in total. The minimum Gasteiger partial charge on any atom is -0.438 e. The number of carbonyl (C=O) groups excluding carboxylic acids is 1. The van der Waals surface area contributed by atoms with Gasteiger partial charge in [0.05, 0.1) is 11.5 Å². The predicted octanol–water partition coefficient (Wildman–Crippen LogP) is 2.01. The maximum absolute atomic E-state index is 13.2. The second kappa shape index (κ2) is 8.88. The third-order valence-electron chi connectivity index (χ3n) is 5.26. The smallest absolute Gasteiger partial charge is 0.269 e. The van der Waals surface area contributed by atoms with Gasteiger partial charge in [0.2, 0.25) is 5.88 Å². The molecule has 9 nitrogen and oxygen atoms in total. The second-order valence-corrected chi connectivity index (χ2v) is 9.90. The third-order valence-corrected chi connectivity index (χ3v) is 7.02. The molecule has 1 amide bonds. The van der Waals surface area contributed by atoms with E-state index < -0.39 is 27.3 Å². The van der Waals surface area contributed by atoms with Crippen molar-refractivity contribution in [2.75, 3.05) is 11.5 Å². The number of ether oxygens (including phenoxy) is 1. The Morgan fingerprint density at radius 2 is 2.03 bits per heavy atom. The van der Waals surface area contributed by atoms with Crippen LogP contribution in [0.4, 0.5) is 0 Å². The van der Waals surface area contributed by atoms with Crippen molar-refractivity contribution in [3.8, 4) is 17.7 Å². The van der Waals surface area contributed by atoms with Gasteiger partial charge in [-0.2, -0.15) is 10.2 Å². The Hall–Kier alpha value is -3.97. The first kappa shape index (κ1) is 22.2. The molecular weight excluding hydrogens is 444 g/mol. The van der Waals surface area contributed by atoms with Gasteiger partial charge in [-0.25, -0.2) is 8.42 Å². The quantitative estimate of drug-likeness (QED) is 0.451. The Bertz CT molecular complexity index is 1480. The van der Waals surface area contributed by atoms with Gasteiger partial charge >= 0.3 is 0 Å². The molecule has 0 aliphatic carbocycles. The summed E-state index contributed by atoms with van der Waals surface area (Å²) in [5.41, 5.74) is 0.190. The lowest BCUT2D eigenvalue weighted by atomic mass is 10.1. The number of rotatable bonds is 5. The molecule has 4 rings (SSSR count). The van der Waals surface area contributed by atoms with E-state index in [4.69, 9.17) is 4.74 Å². The number of nitriles is 1. The van der Waals surface area contributed by atoms with Crippen molar-refractivity contribution in [3.05, 3.63) is 75.7 Å². The van der Waals surface area contributed by atoms with Crippen molar-refractivity contribution in [2.24, 2.45) is 0 Å². The Balaban J connectivity index is 1.77. The van der Waals surface area contributed by atoms with Crippen molar-refractivity contribution in [2.45, 2.75) is 19.4 Å². The highest BCUT2D eigenvalue weighted by atomic mass is 32.2. The lowest BCUT2D eigenvalue weighted by Crippen LogP contribution is -2.36. The topological polar surface area (TPSA) is 131 Å². The number of fused-ring (bicyclic) bond motifs is 1. The van der Waals surface area contributed by atoms with Gasteiger partial charge in [-0.3, -0.25) is 14.0 Å². The van der Waals surface area contributed by atoms with E-state index in [1.807, 2.05) is 19.1 Å². The monoisotopic (exact) mass is 464 g/mol. The van der Waals surface area contributed by atoms with Crippen LogP contribution >= 0.6 is 0 Å². The molecule has 0 bridgehead atoms. The summed E-state index contributed by atoms with van der Waals surface area (Å²) in [6.07, 6.45) is 2.92. The molecule has 1 aliphatic rings. The number of aromatic nitrogens is 2. The zero-order chi connectivity index (χ0) is 23.6. The number of hydrogen-bond acceptors (Lipinski definition) is 7. The summed E-state index contributed by atoms with van der Waals surface area (Å²) in [7, 11) is -3.21. The average Bonchev–Trinajstić information content (AvgIpc) is 3.13. The van der Waals surface area contributed by atoms with Crippen LogP contribution in [0.5, 0.6) is 11.6 Å². The molecule has 3 heterocycles. The minimum atomic E-state index is -3.21. The number of nitrogens with one attached hydrogen (secondary N) is 1. The molecule has 1 saturated heterocycles. The van der Waals surface area contributed by atoms with E-state index in [1.165, 1.54) is 10.6 Å². The van der Waals surface area contributed by atoms with Gasteiger partial charge in [0.1, 0.15) is 28.6 Å². The summed E-state index contributed by atoms with van der Waals surface area (Å²) in [4.78, 5) is 30.3. The maximum atomic E-state index is 13.2. The Kier molecular flexibility index (Phi) is 5.98. The first-order valence-electron chi connectivity index (χ1n) is 10.2. The van der Waals surface area contributed by atoms with Gasteiger partial charge in [0.25, 0.3) is 11.5 Å². The van der Waals surface area contributed by atoms with Crippen molar-refractivity contribution >= 4 is 27.5 Å². The molecule has 1 unspecified atom stereocenters. The van der Waals surface area contributed by atoms with Crippen LogP contribution in [0.25, 0.3) is 11.7 Å². The summed E-state index contributed by atoms with van der Waals surface area (Å²) in [5, 5.41) is 12.2. The second-order valence-electron chi connectivity index (χ2n) is 7.68. The maximum Gasteiger partial charge on any atom is 0.269 e. The third kappa shape index (κ3) is 4.78. The van der Waals surface area contributed by atoms with Gasteiger partial charge in [-0.15, -0.1) is 0 Å². The Morgan fingerprint density at radius 3 is 2.73 bits per heavy atom. The number of para-hydroxylation sites is 1. The number of amides is 1. The lowest BCUT2D eigenvalue weighted by Gasteiger charge is -2.12. The fourth-order valence-corrected chi connectivity index (χ4v) is 5.20. The van der Waals surface area contributed by atoms with Crippen LogP contribution in [0.3, 0.4) is 0 Å². The van der Waals surface area contributed by atoms with Crippen LogP contribution in [0.1, 0.15) is 17.5 Å². The molecule has 168 valence electrons. The molecule has 33 heavy (non-hydrogen) atoms. The summed E-state index contributed by atoms with van der Waals surface area (Å²) < 4.78 is 30.5. The molecule has 1 aliphatic heterocycles. The van der Waals surface area contributed by atoms with E-state index in [-0.39, 0.29) is 34.9 Å². The normalized spacial score (nSPS) is 17.5. The molecule has 10 heteroatoms. The van der Waals surface area contributed by atoms with Crippen molar-refractivity contribution in [1.29, 1.82) is 5.26 Å². The summed E-state index contributed by atoms with van der Waals surface area (Å²) >= 11 is 0. The zero-order valence-corrected chi connectivity index (χ0v) is 18.5. The van der Waals surface area contributed by atoms with Crippen LogP contribution in [0.2, 0.25) is 0 Å². The van der Waals surface area contributed by atoms with E-state index in [0.717, 1.165) is 11.6 Å². The number of nitrogens with zero attached hydrogens (tertiary/aromatic N) is 3. The van der Waals surface area contributed by atoms with Gasteiger partial charge in [0.15, 0.2) is 9.84 Å². The number of sulfone groups is 1. The van der Waals surface area contributed by atoms with Crippen LogP contribution in [0, 0.1) is 18.3 Å². The first-order chi connectivity index (χ1) is 15.8. The first-order valence-corrected chi connectivity index (χ1v) is 12.0. The average molecular weight is 465 g/mol. The molecule has 0 spiro atoms. The van der Waals surface area contributed by atoms with Crippen LogP contribution in [-0.2, 0) is 14.6 Å². The molecule has 1 aromatic carbocycles. The van der Waals surface area contributed by atoms with Crippen molar-refractivity contribution in [1.82, 2.24) is 14.7 Å². The van der Waals surface area contributed by atoms with E-state index in [0.29, 0.717) is 11.4 Å². The Labute approximate surface area is 189 Å². The van der Waals surface area contributed by atoms with Crippen LogP contribution < -0.4 is 15.6 Å². The summed E-state index contributed by atoms with van der Waals surface area (Å²) in [6.45, 7) is 1.84. The van der Waals surface area contributed by atoms with Gasteiger partial charge in [-0.05, 0) is 43.2 Å². The highest BCUT2D eigenvalue weighted by Gasteiger charge is 2.30. The molecular formula is C23H20N4O5S. The van der Waals surface area contributed by atoms with E-state index in [2.05, 4.69) is 10.3 Å². The molecule has 0 radical (unpaired) electrons. The highest BCUT2D eigenvalue weighted by molar-refractivity contribution is 7.91. The molecule has 1 atom stereocenters. The van der Waals surface area contributed by atoms with Gasteiger partial charge < -0.3 is 10.1 Å². The van der Waals surface area contributed by atoms with Crippen LogP contribution in [0.15, 0.2) is 59.0 Å². The number of benzene rings is 1. The molecule has 0 saturated carbocycles. The van der Waals surface area contributed by atoms with Crippen molar-refractivity contribution < 1.29 is 17.9 Å². The lowest BCUT2D eigenvalue weighted by molar-refractivity contribution is -0.117.